The molecule has 2 aliphatic heterocycles. The summed E-state index contributed by atoms with van der Waals surface area (Å²) in [5, 5.41) is 4.39. The van der Waals surface area contributed by atoms with Crippen LogP contribution in [0.3, 0.4) is 0 Å². The van der Waals surface area contributed by atoms with E-state index < -0.39 is 0 Å². The topological polar surface area (TPSA) is 44.6 Å². The van der Waals surface area contributed by atoms with Crippen molar-refractivity contribution in [2.75, 3.05) is 52.4 Å². The first kappa shape index (κ1) is 19.9. The van der Waals surface area contributed by atoms with Crippen molar-refractivity contribution in [1.29, 1.82) is 0 Å². The summed E-state index contributed by atoms with van der Waals surface area (Å²) in [5.74, 6) is 0.0972. The molecular weight excluding hydrogens is 362 g/mol. The molecule has 0 aliphatic carbocycles. The maximum absolute atomic E-state index is 12.5. The lowest BCUT2D eigenvalue weighted by Crippen LogP contribution is -2.49. The van der Waals surface area contributed by atoms with Crippen molar-refractivity contribution < 1.29 is 4.79 Å². The maximum atomic E-state index is 12.5. The first-order valence-electron chi connectivity index (χ1n) is 10.7. The number of rotatable bonds is 7. The van der Waals surface area contributed by atoms with E-state index in [0.717, 1.165) is 44.8 Å². The van der Waals surface area contributed by atoms with Crippen LogP contribution in [0.5, 0.6) is 0 Å². The number of piperazine rings is 1. The van der Waals surface area contributed by atoms with E-state index in [4.69, 9.17) is 0 Å². The fourth-order valence-electron chi connectivity index (χ4n) is 4.08. The number of carbonyl (C=O) groups excluding carboxylic acids is 1. The van der Waals surface area contributed by atoms with Crippen molar-refractivity contribution in [1.82, 2.24) is 24.5 Å². The monoisotopic (exact) mass is 393 g/mol. The van der Waals surface area contributed by atoms with Crippen LogP contribution in [0.1, 0.15) is 24.0 Å². The molecule has 2 saturated heterocycles. The quantitative estimate of drug-likeness (QED) is 0.677. The Morgan fingerprint density at radius 2 is 1.62 bits per heavy atom. The van der Waals surface area contributed by atoms with E-state index in [1.165, 1.54) is 38.0 Å². The normalized spacial score (nSPS) is 18.7. The Hall–Kier alpha value is -2.44. The van der Waals surface area contributed by atoms with Gasteiger partial charge in [0.2, 0.25) is 5.91 Å². The predicted molar refractivity (Wildman–Crippen MR) is 115 cm³/mol. The summed E-state index contributed by atoms with van der Waals surface area (Å²) in [6, 6.07) is 10.3. The van der Waals surface area contributed by atoms with E-state index >= 15 is 0 Å². The van der Waals surface area contributed by atoms with Gasteiger partial charge in [-0.05, 0) is 37.6 Å². The molecular formula is C23H31N5O. The van der Waals surface area contributed by atoms with Gasteiger partial charge in [-0.15, -0.1) is 0 Å². The molecule has 1 aromatic heterocycles. The lowest BCUT2D eigenvalue weighted by molar-refractivity contribution is -0.127. The van der Waals surface area contributed by atoms with Crippen LogP contribution in [0.2, 0.25) is 0 Å². The smallest absolute Gasteiger partial charge is 0.246 e. The molecule has 4 rings (SSSR count). The van der Waals surface area contributed by atoms with Gasteiger partial charge in [-0.25, -0.2) is 0 Å². The van der Waals surface area contributed by atoms with E-state index in [1.54, 1.807) is 6.08 Å². The molecule has 0 bridgehead atoms. The first-order valence-corrected chi connectivity index (χ1v) is 10.7. The molecule has 0 atom stereocenters. The number of hydrogen-bond acceptors (Lipinski definition) is 4. The summed E-state index contributed by atoms with van der Waals surface area (Å²) < 4.78 is 1.90. The fourth-order valence-corrected chi connectivity index (χ4v) is 4.08. The summed E-state index contributed by atoms with van der Waals surface area (Å²) in [6.45, 7) is 9.12. The van der Waals surface area contributed by atoms with E-state index in [9.17, 15) is 4.79 Å². The van der Waals surface area contributed by atoms with Gasteiger partial charge in [0.15, 0.2) is 0 Å². The van der Waals surface area contributed by atoms with Crippen molar-refractivity contribution in [3.05, 3.63) is 59.9 Å². The van der Waals surface area contributed by atoms with Crippen LogP contribution < -0.4 is 0 Å². The molecule has 2 aromatic rings. The molecule has 1 aromatic carbocycles. The molecule has 2 aliphatic rings. The van der Waals surface area contributed by atoms with E-state index in [2.05, 4.69) is 27.0 Å². The molecule has 154 valence electrons. The molecule has 0 saturated carbocycles. The summed E-state index contributed by atoms with van der Waals surface area (Å²) in [6.07, 6.45) is 10.0. The van der Waals surface area contributed by atoms with Gasteiger partial charge in [-0.2, -0.15) is 5.10 Å². The number of hydrogen-bond donors (Lipinski definition) is 0. The molecule has 6 nitrogen and oxygen atoms in total. The number of nitrogens with zero attached hydrogens (tertiary/aromatic N) is 5. The molecule has 0 radical (unpaired) electrons. The van der Waals surface area contributed by atoms with Gasteiger partial charge in [-0.1, -0.05) is 30.3 Å². The van der Waals surface area contributed by atoms with Crippen LogP contribution in [0, 0.1) is 0 Å². The fraction of sp³-hybridized carbons (Fsp3) is 0.478. The first-order chi connectivity index (χ1) is 14.3. The van der Waals surface area contributed by atoms with Crippen LogP contribution in [-0.4, -0.2) is 82.7 Å². The SMILES string of the molecule is O=C(C=Cc1cnn(Cc2ccccc2)c1)N1CCN(CCN2CCCC2)CC1. The van der Waals surface area contributed by atoms with Gasteiger partial charge in [0, 0.05) is 57.1 Å². The number of benzene rings is 1. The second-order valence-electron chi connectivity index (χ2n) is 8.01. The Balaban J connectivity index is 1.21. The Labute approximate surface area is 173 Å². The molecule has 29 heavy (non-hydrogen) atoms. The van der Waals surface area contributed by atoms with Crippen molar-refractivity contribution in [2.45, 2.75) is 19.4 Å². The van der Waals surface area contributed by atoms with Gasteiger partial charge in [0.1, 0.15) is 0 Å². The van der Waals surface area contributed by atoms with Crippen LogP contribution in [0.25, 0.3) is 6.08 Å². The minimum absolute atomic E-state index is 0.0972. The van der Waals surface area contributed by atoms with Crippen LogP contribution in [0.4, 0.5) is 0 Å². The summed E-state index contributed by atoms with van der Waals surface area (Å²) in [7, 11) is 0. The summed E-state index contributed by atoms with van der Waals surface area (Å²) >= 11 is 0. The Kier molecular flexibility index (Phi) is 6.75. The third-order valence-corrected chi connectivity index (χ3v) is 5.87. The highest BCUT2D eigenvalue weighted by Gasteiger charge is 2.20. The highest BCUT2D eigenvalue weighted by Crippen LogP contribution is 2.09. The molecule has 6 heteroatoms. The molecule has 1 amide bonds. The van der Waals surface area contributed by atoms with Gasteiger partial charge in [0.25, 0.3) is 0 Å². The average molecular weight is 394 g/mol. The molecule has 0 unspecified atom stereocenters. The summed E-state index contributed by atoms with van der Waals surface area (Å²) in [5.41, 5.74) is 2.17. The lowest BCUT2D eigenvalue weighted by Gasteiger charge is -2.35. The second kappa shape index (κ2) is 9.85. The largest absolute Gasteiger partial charge is 0.337 e. The summed E-state index contributed by atoms with van der Waals surface area (Å²) in [4.78, 5) is 19.5. The Morgan fingerprint density at radius 3 is 2.34 bits per heavy atom. The number of amides is 1. The van der Waals surface area contributed by atoms with Gasteiger partial charge >= 0.3 is 0 Å². The number of carbonyl (C=O) groups is 1. The van der Waals surface area contributed by atoms with Gasteiger partial charge in [0.05, 0.1) is 12.7 Å². The minimum atomic E-state index is 0.0972. The van der Waals surface area contributed by atoms with Gasteiger partial charge < -0.3 is 9.80 Å². The van der Waals surface area contributed by atoms with Crippen molar-refractivity contribution in [3.63, 3.8) is 0 Å². The number of aromatic nitrogens is 2. The highest BCUT2D eigenvalue weighted by atomic mass is 16.2. The van der Waals surface area contributed by atoms with E-state index in [-0.39, 0.29) is 5.91 Å². The molecule has 2 fully saturated rings. The standard InChI is InChI=1S/C23H31N5O/c29-23(27-16-14-26(15-17-27)13-12-25-10-4-5-11-25)9-8-22-18-24-28(20-22)19-21-6-2-1-3-7-21/h1-3,6-9,18,20H,4-5,10-17,19H2. The zero-order chi connectivity index (χ0) is 19.9. The predicted octanol–water partition coefficient (Wildman–Crippen LogP) is 2.18. The Bertz CT molecular complexity index is 802. The lowest BCUT2D eigenvalue weighted by atomic mass is 10.2. The van der Waals surface area contributed by atoms with Crippen LogP contribution in [0.15, 0.2) is 48.8 Å². The third-order valence-electron chi connectivity index (χ3n) is 5.87. The van der Waals surface area contributed by atoms with Crippen LogP contribution in [-0.2, 0) is 11.3 Å². The highest BCUT2D eigenvalue weighted by molar-refractivity contribution is 5.91. The minimum Gasteiger partial charge on any atom is -0.337 e. The van der Waals surface area contributed by atoms with Crippen molar-refractivity contribution >= 4 is 12.0 Å². The van der Waals surface area contributed by atoms with Crippen LogP contribution >= 0.6 is 0 Å². The molecule has 3 heterocycles. The average Bonchev–Trinajstić information content (AvgIpc) is 3.44. The molecule has 0 spiro atoms. The van der Waals surface area contributed by atoms with Crippen molar-refractivity contribution in [3.8, 4) is 0 Å². The van der Waals surface area contributed by atoms with E-state index in [0.29, 0.717) is 0 Å². The van der Waals surface area contributed by atoms with Gasteiger partial charge in [-0.3, -0.25) is 14.4 Å². The zero-order valence-electron chi connectivity index (χ0n) is 17.1. The number of likely N-dealkylation sites (tertiary alicyclic amines) is 1. The maximum Gasteiger partial charge on any atom is 0.246 e. The zero-order valence-corrected chi connectivity index (χ0v) is 17.1. The third kappa shape index (κ3) is 5.78. The second-order valence-corrected chi connectivity index (χ2v) is 8.01. The Morgan fingerprint density at radius 1 is 0.931 bits per heavy atom. The molecule has 0 N–H and O–H groups in total. The van der Waals surface area contributed by atoms with Crippen molar-refractivity contribution in [2.24, 2.45) is 0 Å². The van der Waals surface area contributed by atoms with E-state index in [1.807, 2.05) is 46.3 Å².